The zero-order chi connectivity index (χ0) is 16.3. The van der Waals surface area contributed by atoms with Crippen molar-refractivity contribution in [2.24, 2.45) is 0 Å². The van der Waals surface area contributed by atoms with Gasteiger partial charge in [-0.15, -0.1) is 11.8 Å². The summed E-state index contributed by atoms with van der Waals surface area (Å²) in [6.45, 7) is 0. The van der Waals surface area contributed by atoms with Crippen LogP contribution in [0, 0.1) is 0 Å². The minimum Gasteiger partial charge on any atom is -0.267 e. The standard InChI is InChI=1S/C18H20O3S2/c1-23(19,20)21-16-12-17(14-8-4-2-5-9-14)22-18(13-16)15-10-6-3-7-11-15/h2-11,16-18H,12-13H2,1H3/t16?,17-,18+. The Morgan fingerprint density at radius 3 is 1.70 bits per heavy atom. The predicted octanol–water partition coefficient (Wildman–Crippen LogP) is 4.34. The monoisotopic (exact) mass is 348 g/mol. The lowest BCUT2D eigenvalue weighted by atomic mass is 9.99. The molecule has 3 rings (SSSR count). The molecule has 1 fully saturated rings. The highest BCUT2D eigenvalue weighted by atomic mass is 32.2. The topological polar surface area (TPSA) is 43.4 Å². The van der Waals surface area contributed by atoms with Gasteiger partial charge >= 0.3 is 0 Å². The first kappa shape index (κ1) is 16.6. The Labute approximate surface area is 142 Å². The van der Waals surface area contributed by atoms with Gasteiger partial charge in [0.15, 0.2) is 0 Å². The second-order valence-corrected chi connectivity index (χ2v) is 8.84. The summed E-state index contributed by atoms with van der Waals surface area (Å²) in [7, 11) is -3.44. The summed E-state index contributed by atoms with van der Waals surface area (Å²) < 4.78 is 28.5. The fraction of sp³-hybridized carbons (Fsp3) is 0.333. The van der Waals surface area contributed by atoms with Crippen LogP contribution in [0.4, 0.5) is 0 Å². The molecule has 0 bridgehead atoms. The van der Waals surface area contributed by atoms with Gasteiger partial charge in [-0.3, -0.25) is 4.18 Å². The van der Waals surface area contributed by atoms with E-state index in [0.29, 0.717) is 12.8 Å². The quantitative estimate of drug-likeness (QED) is 0.771. The molecule has 0 N–H and O–H groups in total. The van der Waals surface area contributed by atoms with E-state index in [1.807, 2.05) is 48.2 Å². The summed E-state index contributed by atoms with van der Waals surface area (Å²) in [6, 6.07) is 20.5. The van der Waals surface area contributed by atoms with Gasteiger partial charge in [0.05, 0.1) is 12.4 Å². The molecule has 1 aliphatic heterocycles. The van der Waals surface area contributed by atoms with Gasteiger partial charge in [-0.05, 0) is 24.0 Å². The van der Waals surface area contributed by atoms with Crippen LogP contribution in [0.1, 0.15) is 34.5 Å². The molecule has 2 aromatic carbocycles. The summed E-state index contributed by atoms with van der Waals surface area (Å²) in [5.74, 6) is 0. The summed E-state index contributed by atoms with van der Waals surface area (Å²) in [6.07, 6.45) is 2.28. The van der Waals surface area contributed by atoms with E-state index < -0.39 is 10.1 Å². The van der Waals surface area contributed by atoms with E-state index >= 15 is 0 Å². The second kappa shape index (κ2) is 7.07. The SMILES string of the molecule is CS(=O)(=O)OC1C[C@@H](c2ccccc2)S[C@@H](c2ccccc2)C1. The molecular weight excluding hydrogens is 328 g/mol. The zero-order valence-corrected chi connectivity index (χ0v) is 14.6. The van der Waals surface area contributed by atoms with Crippen molar-refractivity contribution < 1.29 is 12.6 Å². The van der Waals surface area contributed by atoms with Crippen LogP contribution < -0.4 is 0 Å². The van der Waals surface area contributed by atoms with Crippen LogP contribution in [0.25, 0.3) is 0 Å². The van der Waals surface area contributed by atoms with E-state index in [1.54, 1.807) is 0 Å². The fourth-order valence-corrected chi connectivity index (χ4v) is 5.30. The van der Waals surface area contributed by atoms with Gasteiger partial charge in [-0.1, -0.05) is 60.7 Å². The highest BCUT2D eigenvalue weighted by molar-refractivity contribution is 7.99. The van der Waals surface area contributed by atoms with E-state index in [-0.39, 0.29) is 16.6 Å². The zero-order valence-electron chi connectivity index (χ0n) is 13.0. The first-order valence-electron chi connectivity index (χ1n) is 7.65. The minimum atomic E-state index is -3.44. The number of hydrogen-bond donors (Lipinski definition) is 0. The van der Waals surface area contributed by atoms with Gasteiger partial charge in [0, 0.05) is 10.5 Å². The Bertz CT molecular complexity index is 682. The second-order valence-electron chi connectivity index (χ2n) is 5.83. The van der Waals surface area contributed by atoms with Gasteiger partial charge in [-0.2, -0.15) is 8.42 Å². The van der Waals surface area contributed by atoms with E-state index in [1.165, 1.54) is 11.1 Å². The smallest absolute Gasteiger partial charge is 0.264 e. The Hall–Kier alpha value is -1.30. The third kappa shape index (κ3) is 4.59. The highest BCUT2D eigenvalue weighted by Gasteiger charge is 2.33. The molecule has 23 heavy (non-hydrogen) atoms. The van der Waals surface area contributed by atoms with Crippen molar-refractivity contribution in [2.45, 2.75) is 29.4 Å². The lowest BCUT2D eigenvalue weighted by Crippen LogP contribution is -2.26. The van der Waals surface area contributed by atoms with Crippen molar-refractivity contribution in [1.82, 2.24) is 0 Å². The molecule has 2 aromatic rings. The lowest BCUT2D eigenvalue weighted by molar-refractivity contribution is 0.183. The summed E-state index contributed by atoms with van der Waals surface area (Å²) in [4.78, 5) is 0. The van der Waals surface area contributed by atoms with E-state index in [4.69, 9.17) is 4.18 Å². The molecule has 0 spiro atoms. The van der Waals surface area contributed by atoms with Gasteiger partial charge in [0.1, 0.15) is 0 Å². The van der Waals surface area contributed by atoms with Crippen LogP contribution in [-0.2, 0) is 14.3 Å². The third-order valence-electron chi connectivity index (χ3n) is 3.94. The molecule has 0 aromatic heterocycles. The van der Waals surface area contributed by atoms with Crippen molar-refractivity contribution >= 4 is 21.9 Å². The largest absolute Gasteiger partial charge is 0.267 e. The Morgan fingerprint density at radius 1 is 0.870 bits per heavy atom. The number of benzene rings is 2. The average Bonchev–Trinajstić information content (AvgIpc) is 2.55. The molecule has 3 atom stereocenters. The summed E-state index contributed by atoms with van der Waals surface area (Å²) >= 11 is 1.89. The van der Waals surface area contributed by atoms with E-state index in [0.717, 1.165) is 6.26 Å². The number of thioether (sulfide) groups is 1. The normalized spacial score (nSPS) is 25.2. The Balaban J connectivity index is 1.86. The summed E-state index contributed by atoms with van der Waals surface area (Å²) in [5.41, 5.74) is 2.44. The van der Waals surface area contributed by atoms with Crippen LogP contribution in [0.15, 0.2) is 60.7 Å². The van der Waals surface area contributed by atoms with E-state index in [9.17, 15) is 8.42 Å². The maximum atomic E-state index is 11.6. The van der Waals surface area contributed by atoms with Crippen LogP contribution >= 0.6 is 11.8 Å². The van der Waals surface area contributed by atoms with Crippen LogP contribution in [0.3, 0.4) is 0 Å². The lowest BCUT2D eigenvalue weighted by Gasteiger charge is -2.34. The molecule has 122 valence electrons. The fourth-order valence-electron chi connectivity index (χ4n) is 2.97. The maximum Gasteiger partial charge on any atom is 0.264 e. The minimum absolute atomic E-state index is 0.238. The average molecular weight is 348 g/mol. The third-order valence-corrected chi connectivity index (χ3v) is 6.14. The molecule has 1 heterocycles. The van der Waals surface area contributed by atoms with Crippen molar-refractivity contribution in [2.75, 3.05) is 6.26 Å². The molecule has 0 amide bonds. The molecule has 3 nitrogen and oxygen atoms in total. The van der Waals surface area contributed by atoms with Crippen molar-refractivity contribution in [1.29, 1.82) is 0 Å². The van der Waals surface area contributed by atoms with Crippen molar-refractivity contribution in [3.05, 3.63) is 71.8 Å². The van der Waals surface area contributed by atoms with E-state index in [2.05, 4.69) is 24.3 Å². The first-order chi connectivity index (χ1) is 11.0. The van der Waals surface area contributed by atoms with Crippen LogP contribution in [-0.4, -0.2) is 20.8 Å². The molecule has 1 aliphatic rings. The van der Waals surface area contributed by atoms with Gasteiger partial charge in [0.25, 0.3) is 10.1 Å². The maximum absolute atomic E-state index is 11.6. The molecule has 0 saturated carbocycles. The van der Waals surface area contributed by atoms with Gasteiger partial charge in [0.2, 0.25) is 0 Å². The highest BCUT2D eigenvalue weighted by Crippen LogP contribution is 2.50. The molecule has 1 saturated heterocycles. The molecule has 1 unspecified atom stereocenters. The predicted molar refractivity (Wildman–Crippen MR) is 94.9 cm³/mol. The van der Waals surface area contributed by atoms with Gasteiger partial charge in [-0.25, -0.2) is 0 Å². The van der Waals surface area contributed by atoms with Crippen molar-refractivity contribution in [3.8, 4) is 0 Å². The molecule has 0 radical (unpaired) electrons. The van der Waals surface area contributed by atoms with Crippen LogP contribution in [0.5, 0.6) is 0 Å². The summed E-state index contributed by atoms with van der Waals surface area (Å²) in [5, 5.41) is 0.476. The molecule has 0 aliphatic carbocycles. The first-order valence-corrected chi connectivity index (χ1v) is 10.4. The van der Waals surface area contributed by atoms with Crippen LogP contribution in [0.2, 0.25) is 0 Å². The Kier molecular flexibility index (Phi) is 5.09. The molecule has 5 heteroatoms. The number of hydrogen-bond acceptors (Lipinski definition) is 4. The number of rotatable bonds is 4. The van der Waals surface area contributed by atoms with Gasteiger partial charge < -0.3 is 0 Å². The molecular formula is C18H20O3S2. The van der Waals surface area contributed by atoms with Crippen molar-refractivity contribution in [3.63, 3.8) is 0 Å². The Morgan fingerprint density at radius 2 is 1.30 bits per heavy atom.